The van der Waals surface area contributed by atoms with Gasteiger partial charge in [-0.15, -0.1) is 0 Å². The van der Waals surface area contributed by atoms with E-state index in [0.717, 1.165) is 36.3 Å². The van der Waals surface area contributed by atoms with Crippen LogP contribution in [0.2, 0.25) is 5.02 Å². The van der Waals surface area contributed by atoms with E-state index in [1.165, 1.54) is 11.9 Å². The summed E-state index contributed by atoms with van der Waals surface area (Å²) in [5.74, 6) is -1.23. The first-order chi connectivity index (χ1) is 14.0. The van der Waals surface area contributed by atoms with Crippen LogP contribution in [0.5, 0.6) is 0 Å². The van der Waals surface area contributed by atoms with E-state index < -0.39 is 17.2 Å². The molecule has 150 valence electrons. The molecular weight excluding hydrogens is 398 g/mol. The first-order valence-corrected chi connectivity index (χ1v) is 9.68. The molecule has 1 fully saturated rings. The van der Waals surface area contributed by atoms with Gasteiger partial charge in [-0.05, 0) is 36.6 Å². The van der Waals surface area contributed by atoms with E-state index in [0.29, 0.717) is 24.2 Å². The lowest BCUT2D eigenvalue weighted by Gasteiger charge is -2.19. The second-order valence-electron chi connectivity index (χ2n) is 7.00. The molecule has 2 heterocycles. The second-order valence-corrected chi connectivity index (χ2v) is 7.38. The number of benzene rings is 2. The Labute approximate surface area is 171 Å². The highest BCUT2D eigenvalue weighted by atomic mass is 35.5. The van der Waals surface area contributed by atoms with Crippen molar-refractivity contribution in [3.63, 3.8) is 0 Å². The number of halogens is 3. The maximum absolute atomic E-state index is 14.0. The van der Waals surface area contributed by atoms with Crippen molar-refractivity contribution < 1.29 is 8.78 Å². The Kier molecular flexibility index (Phi) is 5.49. The van der Waals surface area contributed by atoms with Gasteiger partial charge in [0, 0.05) is 31.4 Å². The van der Waals surface area contributed by atoms with Crippen molar-refractivity contribution in [1.29, 1.82) is 0 Å². The van der Waals surface area contributed by atoms with Crippen LogP contribution in [0.3, 0.4) is 0 Å². The summed E-state index contributed by atoms with van der Waals surface area (Å²) in [7, 11) is 0. The van der Waals surface area contributed by atoms with Crippen molar-refractivity contribution in [1.82, 2.24) is 9.78 Å². The maximum atomic E-state index is 14.0. The van der Waals surface area contributed by atoms with Crippen LogP contribution in [-0.2, 0) is 0 Å². The van der Waals surface area contributed by atoms with Gasteiger partial charge in [-0.3, -0.25) is 4.79 Å². The zero-order chi connectivity index (χ0) is 20.4. The third kappa shape index (κ3) is 4.10. The van der Waals surface area contributed by atoms with Crippen LogP contribution in [0.15, 0.2) is 59.5 Å². The van der Waals surface area contributed by atoms with Gasteiger partial charge in [-0.25, -0.2) is 8.78 Å². The first-order valence-electron chi connectivity index (χ1n) is 9.30. The number of nitrogens with one attached hydrogen (secondary N) is 1. The minimum absolute atomic E-state index is 0.0818. The number of hydrogen-bond donors (Lipinski definition) is 1. The van der Waals surface area contributed by atoms with Gasteiger partial charge in [0.1, 0.15) is 16.5 Å². The molecule has 0 unspecified atom stereocenters. The summed E-state index contributed by atoms with van der Waals surface area (Å²) >= 11 is 6.20. The molecule has 0 spiro atoms. The van der Waals surface area contributed by atoms with Gasteiger partial charge in [-0.2, -0.15) is 9.78 Å². The third-order valence-corrected chi connectivity index (χ3v) is 5.41. The maximum Gasteiger partial charge on any atom is 0.292 e. The lowest BCUT2D eigenvalue weighted by Crippen LogP contribution is -2.25. The minimum Gasteiger partial charge on any atom is -0.382 e. The number of rotatable bonds is 5. The number of para-hydroxylation sites is 1. The molecule has 1 N–H and O–H groups in total. The minimum atomic E-state index is -0.886. The largest absolute Gasteiger partial charge is 0.382 e. The van der Waals surface area contributed by atoms with Gasteiger partial charge in [0.15, 0.2) is 5.82 Å². The van der Waals surface area contributed by atoms with E-state index in [-0.39, 0.29) is 10.7 Å². The number of aromatic nitrogens is 2. The van der Waals surface area contributed by atoms with Gasteiger partial charge in [0.2, 0.25) is 0 Å². The van der Waals surface area contributed by atoms with E-state index in [1.807, 2.05) is 18.2 Å². The normalized spacial score (nSPS) is 16.2. The van der Waals surface area contributed by atoms with Crippen molar-refractivity contribution >= 4 is 23.0 Å². The fraction of sp³-hybridized carbons (Fsp3) is 0.238. The molecular formula is C21H19ClF2N4O. The summed E-state index contributed by atoms with van der Waals surface area (Å²) in [5.41, 5.74) is 0.769. The summed E-state index contributed by atoms with van der Waals surface area (Å²) in [5, 5.41) is 7.09. The Hall–Kier alpha value is -2.93. The topological polar surface area (TPSA) is 50.2 Å². The highest BCUT2D eigenvalue weighted by molar-refractivity contribution is 6.32. The van der Waals surface area contributed by atoms with Crippen LogP contribution in [0.25, 0.3) is 5.69 Å². The molecule has 5 nitrogen and oxygen atoms in total. The molecule has 1 aliphatic heterocycles. The van der Waals surface area contributed by atoms with Crippen molar-refractivity contribution in [3.05, 3.63) is 81.7 Å². The van der Waals surface area contributed by atoms with Gasteiger partial charge in [-0.1, -0.05) is 29.8 Å². The molecule has 0 bridgehead atoms. The van der Waals surface area contributed by atoms with E-state index in [2.05, 4.69) is 27.4 Å². The fourth-order valence-corrected chi connectivity index (χ4v) is 3.70. The van der Waals surface area contributed by atoms with E-state index in [4.69, 9.17) is 11.6 Å². The van der Waals surface area contributed by atoms with Gasteiger partial charge in [0.25, 0.3) is 5.56 Å². The molecule has 1 atom stereocenters. The Morgan fingerprint density at radius 2 is 1.97 bits per heavy atom. The molecule has 3 aromatic rings. The summed E-state index contributed by atoms with van der Waals surface area (Å²) in [6.45, 7) is 2.51. The summed E-state index contributed by atoms with van der Waals surface area (Å²) in [6.07, 6.45) is 2.40. The van der Waals surface area contributed by atoms with Crippen LogP contribution in [0, 0.1) is 17.6 Å². The first kappa shape index (κ1) is 19.4. The van der Waals surface area contributed by atoms with Gasteiger partial charge >= 0.3 is 0 Å². The van der Waals surface area contributed by atoms with Crippen molar-refractivity contribution in [3.8, 4) is 5.69 Å². The number of anilines is 2. The molecule has 1 saturated heterocycles. The van der Waals surface area contributed by atoms with Crippen molar-refractivity contribution in [2.75, 3.05) is 29.9 Å². The fourth-order valence-electron chi connectivity index (χ4n) is 3.51. The Bertz CT molecular complexity index is 1070. The van der Waals surface area contributed by atoms with Crippen molar-refractivity contribution in [2.24, 2.45) is 5.92 Å². The molecule has 2 aromatic carbocycles. The SMILES string of the molecule is O=c1c(Cl)c(NC[C@@H]2CCN(c3ccccc3)C2)cnn1-c1ccc(F)cc1F. The standard InChI is InChI=1S/C21H19ClF2N4O/c22-20-18(12-26-28(21(20)29)19-7-6-15(23)10-17(19)24)25-11-14-8-9-27(13-14)16-4-2-1-3-5-16/h1-7,10,12,14,25H,8-9,11,13H2/t14-/m0/s1. The predicted octanol–water partition coefficient (Wildman–Crippen LogP) is 4.10. The van der Waals surface area contributed by atoms with Crippen LogP contribution < -0.4 is 15.8 Å². The van der Waals surface area contributed by atoms with E-state index in [9.17, 15) is 13.6 Å². The second kappa shape index (κ2) is 8.21. The highest BCUT2D eigenvalue weighted by Gasteiger charge is 2.23. The Morgan fingerprint density at radius 1 is 1.17 bits per heavy atom. The molecule has 0 radical (unpaired) electrons. The lowest BCUT2D eigenvalue weighted by atomic mass is 10.1. The molecule has 4 rings (SSSR count). The van der Waals surface area contributed by atoms with E-state index >= 15 is 0 Å². The highest BCUT2D eigenvalue weighted by Crippen LogP contribution is 2.25. The third-order valence-electron chi connectivity index (χ3n) is 5.05. The van der Waals surface area contributed by atoms with E-state index in [1.54, 1.807) is 0 Å². The lowest BCUT2D eigenvalue weighted by molar-refractivity contribution is 0.570. The zero-order valence-electron chi connectivity index (χ0n) is 15.5. The summed E-state index contributed by atoms with van der Waals surface area (Å²) in [6, 6.07) is 13.1. The van der Waals surface area contributed by atoms with Crippen LogP contribution in [0.4, 0.5) is 20.2 Å². The molecule has 8 heteroatoms. The Morgan fingerprint density at radius 3 is 2.72 bits per heavy atom. The molecule has 0 aliphatic carbocycles. The average Bonchev–Trinajstić information content (AvgIpc) is 3.20. The molecule has 0 saturated carbocycles. The van der Waals surface area contributed by atoms with Crippen LogP contribution in [-0.4, -0.2) is 29.4 Å². The van der Waals surface area contributed by atoms with Crippen LogP contribution >= 0.6 is 11.6 Å². The quantitative estimate of drug-likeness (QED) is 0.680. The smallest absolute Gasteiger partial charge is 0.292 e. The predicted molar refractivity (Wildman–Crippen MR) is 110 cm³/mol. The zero-order valence-corrected chi connectivity index (χ0v) is 16.2. The number of nitrogens with zero attached hydrogens (tertiary/aromatic N) is 3. The molecule has 29 heavy (non-hydrogen) atoms. The van der Waals surface area contributed by atoms with Gasteiger partial charge < -0.3 is 10.2 Å². The molecule has 0 amide bonds. The monoisotopic (exact) mass is 416 g/mol. The summed E-state index contributed by atoms with van der Waals surface area (Å²) in [4.78, 5) is 14.8. The number of hydrogen-bond acceptors (Lipinski definition) is 4. The Balaban J connectivity index is 1.45. The molecule has 1 aliphatic rings. The average molecular weight is 417 g/mol. The summed E-state index contributed by atoms with van der Waals surface area (Å²) < 4.78 is 27.9. The molecule has 1 aromatic heterocycles. The van der Waals surface area contributed by atoms with Gasteiger partial charge in [0.05, 0.1) is 11.9 Å². The van der Waals surface area contributed by atoms with Crippen LogP contribution in [0.1, 0.15) is 6.42 Å². The van der Waals surface area contributed by atoms with Crippen molar-refractivity contribution in [2.45, 2.75) is 6.42 Å².